The molecule has 0 aliphatic rings. The summed E-state index contributed by atoms with van der Waals surface area (Å²) < 4.78 is 11.7. The molecule has 0 spiro atoms. The van der Waals surface area contributed by atoms with Crippen LogP contribution >= 0.6 is 11.6 Å². The van der Waals surface area contributed by atoms with Gasteiger partial charge in [-0.25, -0.2) is 9.78 Å². The van der Waals surface area contributed by atoms with Gasteiger partial charge in [0.15, 0.2) is 0 Å². The zero-order chi connectivity index (χ0) is 21.0. The van der Waals surface area contributed by atoms with Gasteiger partial charge in [-0.15, -0.1) is 0 Å². The van der Waals surface area contributed by atoms with Crippen LogP contribution in [0.3, 0.4) is 0 Å². The fraction of sp³-hybridized carbons (Fsp3) is 0.217. The third-order valence-corrected chi connectivity index (χ3v) is 4.39. The number of ether oxygens (including phenoxy) is 2. The number of benzene rings is 2. The second-order valence-corrected chi connectivity index (χ2v) is 7.34. The Morgan fingerprint density at radius 2 is 1.93 bits per heavy atom. The molecule has 1 heterocycles. The molecule has 5 nitrogen and oxygen atoms in total. The van der Waals surface area contributed by atoms with Crippen molar-refractivity contribution in [2.45, 2.75) is 33.5 Å². The molecule has 1 N–H and O–H groups in total. The van der Waals surface area contributed by atoms with E-state index in [1.54, 1.807) is 18.2 Å². The van der Waals surface area contributed by atoms with Crippen LogP contribution in [0.25, 0.3) is 11.3 Å². The van der Waals surface area contributed by atoms with Crippen molar-refractivity contribution in [2.24, 2.45) is 0 Å². The van der Waals surface area contributed by atoms with Gasteiger partial charge < -0.3 is 14.6 Å². The third-order valence-electron chi connectivity index (χ3n) is 4.15. The Labute approximate surface area is 174 Å². The number of aryl methyl sites for hydroxylation is 1. The normalized spacial score (nSPS) is 10.8. The maximum atomic E-state index is 11.7. The predicted molar refractivity (Wildman–Crippen MR) is 113 cm³/mol. The first-order chi connectivity index (χ1) is 13.8. The lowest BCUT2D eigenvalue weighted by molar-refractivity contribution is 0.0693. The fourth-order valence-corrected chi connectivity index (χ4v) is 3.03. The average Bonchev–Trinajstić information content (AvgIpc) is 2.66. The van der Waals surface area contributed by atoms with Crippen LogP contribution in [-0.2, 0) is 6.61 Å². The number of carboxylic acid groups (broad SMARTS) is 1. The maximum absolute atomic E-state index is 11.7. The van der Waals surface area contributed by atoms with Crippen molar-refractivity contribution < 1.29 is 19.4 Å². The first kappa shape index (κ1) is 20.7. The minimum absolute atomic E-state index is 0.0346. The number of nitrogens with zero attached hydrogens (tertiary/aromatic N) is 1. The van der Waals surface area contributed by atoms with Gasteiger partial charge in [0.05, 0.1) is 23.1 Å². The monoisotopic (exact) mass is 411 g/mol. The fourth-order valence-electron chi connectivity index (χ4n) is 2.87. The lowest BCUT2D eigenvalue weighted by Gasteiger charge is -2.16. The molecule has 0 bridgehead atoms. The van der Waals surface area contributed by atoms with Crippen LogP contribution in [0.1, 0.15) is 35.5 Å². The maximum Gasteiger partial charge on any atom is 0.337 e. The minimum atomic E-state index is -1.05. The number of hydrogen-bond donors (Lipinski definition) is 1. The summed E-state index contributed by atoms with van der Waals surface area (Å²) in [6.45, 7) is 5.84. The molecular weight excluding hydrogens is 390 g/mol. The Kier molecular flexibility index (Phi) is 6.39. The minimum Gasteiger partial charge on any atom is -0.490 e. The summed E-state index contributed by atoms with van der Waals surface area (Å²) in [4.78, 5) is 16.2. The highest BCUT2D eigenvalue weighted by atomic mass is 35.5. The van der Waals surface area contributed by atoms with Crippen LogP contribution in [0.4, 0.5) is 0 Å². The average molecular weight is 412 g/mol. The van der Waals surface area contributed by atoms with Gasteiger partial charge in [0, 0.05) is 10.6 Å². The van der Waals surface area contributed by atoms with Gasteiger partial charge >= 0.3 is 5.97 Å². The van der Waals surface area contributed by atoms with E-state index in [4.69, 9.17) is 21.1 Å². The summed E-state index contributed by atoms with van der Waals surface area (Å²) in [6.07, 6.45) is -0.0466. The highest BCUT2D eigenvalue weighted by molar-refractivity contribution is 6.30. The first-order valence-electron chi connectivity index (χ1n) is 9.22. The summed E-state index contributed by atoms with van der Waals surface area (Å²) in [5.41, 5.74) is 2.81. The molecule has 0 saturated carbocycles. The van der Waals surface area contributed by atoms with Gasteiger partial charge in [0.2, 0.25) is 0 Å². The molecule has 3 rings (SSSR count). The van der Waals surface area contributed by atoms with Gasteiger partial charge in [-0.05, 0) is 68.8 Å². The molecule has 0 radical (unpaired) electrons. The molecule has 29 heavy (non-hydrogen) atoms. The molecule has 0 atom stereocenters. The van der Waals surface area contributed by atoms with E-state index in [1.165, 1.54) is 6.07 Å². The van der Waals surface area contributed by atoms with E-state index in [9.17, 15) is 9.90 Å². The molecule has 0 fully saturated rings. The SMILES string of the molecule is Cc1cccc(OCc2nc(-c3ccc(Cl)cc3OC(C)C)ccc2C(=O)O)c1. The third kappa shape index (κ3) is 5.27. The Bertz CT molecular complexity index is 1030. The van der Waals surface area contributed by atoms with Crippen LogP contribution in [0.5, 0.6) is 11.5 Å². The predicted octanol–water partition coefficient (Wildman–Crippen LogP) is 5.77. The summed E-state index contributed by atoms with van der Waals surface area (Å²) in [7, 11) is 0. The zero-order valence-corrected chi connectivity index (χ0v) is 17.2. The smallest absolute Gasteiger partial charge is 0.337 e. The topological polar surface area (TPSA) is 68.7 Å². The number of halogens is 1. The molecule has 0 unspecified atom stereocenters. The van der Waals surface area contributed by atoms with E-state index >= 15 is 0 Å². The van der Waals surface area contributed by atoms with Crippen molar-refractivity contribution >= 4 is 17.6 Å². The molecule has 0 saturated heterocycles. The Hall–Kier alpha value is -3.05. The van der Waals surface area contributed by atoms with Crippen LogP contribution in [-0.4, -0.2) is 22.2 Å². The van der Waals surface area contributed by atoms with Crippen molar-refractivity contribution in [1.29, 1.82) is 0 Å². The number of carboxylic acids is 1. The van der Waals surface area contributed by atoms with Crippen LogP contribution in [0, 0.1) is 6.92 Å². The molecule has 0 amide bonds. The Morgan fingerprint density at radius 1 is 1.14 bits per heavy atom. The molecule has 0 aliphatic carbocycles. The van der Waals surface area contributed by atoms with Crippen molar-refractivity contribution in [3.8, 4) is 22.8 Å². The highest BCUT2D eigenvalue weighted by Crippen LogP contribution is 2.33. The van der Waals surface area contributed by atoms with Crippen molar-refractivity contribution in [2.75, 3.05) is 0 Å². The standard InChI is InChI=1S/C23H22ClNO4/c1-14(2)29-22-12-16(24)7-8-18(22)20-10-9-19(23(26)27)21(25-20)13-28-17-6-4-5-15(3)11-17/h4-12,14H,13H2,1-3H3,(H,26,27). The molecular formula is C23H22ClNO4. The number of aromatic nitrogens is 1. The summed E-state index contributed by atoms with van der Waals surface area (Å²) >= 11 is 6.12. The first-order valence-corrected chi connectivity index (χ1v) is 9.60. The quantitative estimate of drug-likeness (QED) is 0.534. The number of hydrogen-bond acceptors (Lipinski definition) is 4. The lowest BCUT2D eigenvalue weighted by Crippen LogP contribution is -2.10. The Balaban J connectivity index is 1.98. The van der Waals surface area contributed by atoms with Gasteiger partial charge in [0.1, 0.15) is 18.1 Å². The molecule has 1 aromatic heterocycles. The van der Waals surface area contributed by atoms with E-state index in [1.807, 2.05) is 51.1 Å². The van der Waals surface area contributed by atoms with Crippen molar-refractivity contribution in [1.82, 2.24) is 4.98 Å². The van der Waals surface area contributed by atoms with E-state index in [-0.39, 0.29) is 18.3 Å². The van der Waals surface area contributed by atoms with E-state index < -0.39 is 5.97 Å². The van der Waals surface area contributed by atoms with Crippen LogP contribution in [0.15, 0.2) is 54.6 Å². The largest absolute Gasteiger partial charge is 0.490 e. The van der Waals surface area contributed by atoms with Crippen molar-refractivity contribution in [3.63, 3.8) is 0 Å². The highest BCUT2D eigenvalue weighted by Gasteiger charge is 2.17. The van der Waals surface area contributed by atoms with Gasteiger partial charge in [-0.2, -0.15) is 0 Å². The molecule has 6 heteroatoms. The summed E-state index contributed by atoms with van der Waals surface area (Å²) in [5.74, 6) is 0.194. The molecule has 150 valence electrons. The summed E-state index contributed by atoms with van der Waals surface area (Å²) in [5, 5.41) is 10.1. The van der Waals surface area contributed by atoms with E-state index in [0.29, 0.717) is 27.9 Å². The van der Waals surface area contributed by atoms with Crippen LogP contribution in [0.2, 0.25) is 5.02 Å². The van der Waals surface area contributed by atoms with Gasteiger partial charge in [-0.1, -0.05) is 23.7 Å². The molecule has 2 aromatic carbocycles. The van der Waals surface area contributed by atoms with Gasteiger partial charge in [-0.3, -0.25) is 0 Å². The van der Waals surface area contributed by atoms with E-state index in [0.717, 1.165) is 11.1 Å². The number of rotatable bonds is 7. The molecule has 3 aromatic rings. The second kappa shape index (κ2) is 8.97. The number of pyridine rings is 1. The van der Waals surface area contributed by atoms with Crippen LogP contribution < -0.4 is 9.47 Å². The summed E-state index contributed by atoms with van der Waals surface area (Å²) in [6, 6.07) is 16.0. The number of aromatic carboxylic acids is 1. The van der Waals surface area contributed by atoms with Gasteiger partial charge in [0.25, 0.3) is 0 Å². The Morgan fingerprint density at radius 3 is 2.62 bits per heavy atom. The second-order valence-electron chi connectivity index (χ2n) is 6.91. The zero-order valence-electron chi connectivity index (χ0n) is 16.5. The molecule has 0 aliphatic heterocycles. The number of carbonyl (C=O) groups is 1. The lowest BCUT2D eigenvalue weighted by atomic mass is 10.1. The van der Waals surface area contributed by atoms with E-state index in [2.05, 4.69) is 4.98 Å². The van der Waals surface area contributed by atoms with Crippen molar-refractivity contribution in [3.05, 3.63) is 76.4 Å².